The van der Waals surface area contributed by atoms with Crippen molar-refractivity contribution in [2.45, 2.75) is 0 Å². The van der Waals surface area contributed by atoms with Gasteiger partial charge in [-0.05, 0) is 23.8 Å². The molecule has 0 saturated carbocycles. The van der Waals surface area contributed by atoms with E-state index in [4.69, 9.17) is 4.74 Å². The number of benzene rings is 2. The van der Waals surface area contributed by atoms with Gasteiger partial charge in [-0.25, -0.2) is 5.43 Å². The largest absolute Gasteiger partial charge is 0.497 e. The van der Waals surface area contributed by atoms with E-state index >= 15 is 0 Å². The first-order valence-corrected chi connectivity index (χ1v) is 7.19. The van der Waals surface area contributed by atoms with Crippen molar-refractivity contribution in [3.05, 3.63) is 66.2 Å². The van der Waals surface area contributed by atoms with Crippen molar-refractivity contribution in [2.24, 2.45) is 5.10 Å². The van der Waals surface area contributed by atoms with Gasteiger partial charge in [0.05, 0.1) is 7.11 Å². The summed E-state index contributed by atoms with van der Waals surface area (Å²) < 4.78 is 5.04. The van der Waals surface area contributed by atoms with E-state index in [1.54, 1.807) is 30.3 Å². The Morgan fingerprint density at radius 3 is 2.58 bits per heavy atom. The molecule has 2 aromatic carbocycles. The topological polar surface area (TPSA) is 79.8 Å². The molecular weight excluding hydrogens is 306 g/mol. The van der Waals surface area contributed by atoms with E-state index in [2.05, 4.69) is 15.8 Å². The zero-order valence-corrected chi connectivity index (χ0v) is 13.1. The summed E-state index contributed by atoms with van der Waals surface area (Å²) in [7, 11) is 1.52. The molecule has 24 heavy (non-hydrogen) atoms. The first-order chi connectivity index (χ1) is 11.7. The van der Waals surface area contributed by atoms with Crippen molar-refractivity contribution >= 4 is 29.8 Å². The average molecular weight is 323 g/mol. The number of carbonyl (C=O) groups is 2. The lowest BCUT2D eigenvalue weighted by Crippen LogP contribution is -2.32. The van der Waals surface area contributed by atoms with Crippen molar-refractivity contribution in [1.82, 2.24) is 5.43 Å². The van der Waals surface area contributed by atoms with Crippen LogP contribution in [0, 0.1) is 0 Å². The highest BCUT2D eigenvalue weighted by molar-refractivity contribution is 6.39. The van der Waals surface area contributed by atoms with Gasteiger partial charge in [-0.2, -0.15) is 5.10 Å². The fraction of sp³-hybridized carbons (Fsp3) is 0.0556. The van der Waals surface area contributed by atoms with Crippen LogP contribution in [0.25, 0.3) is 6.08 Å². The summed E-state index contributed by atoms with van der Waals surface area (Å²) in [6.45, 7) is 0. The van der Waals surface area contributed by atoms with E-state index in [1.165, 1.54) is 13.3 Å². The normalized spacial score (nSPS) is 10.7. The average Bonchev–Trinajstić information content (AvgIpc) is 2.62. The lowest BCUT2D eigenvalue weighted by molar-refractivity contribution is -0.136. The van der Waals surface area contributed by atoms with Crippen LogP contribution in [0.15, 0.2) is 65.8 Å². The molecule has 2 rings (SSSR count). The van der Waals surface area contributed by atoms with Crippen LogP contribution < -0.4 is 15.5 Å². The van der Waals surface area contributed by atoms with E-state index in [0.717, 1.165) is 5.56 Å². The van der Waals surface area contributed by atoms with Crippen LogP contribution in [0.2, 0.25) is 0 Å². The summed E-state index contributed by atoms with van der Waals surface area (Å²) in [6.07, 6.45) is 4.88. The minimum absolute atomic E-state index is 0.461. The number of nitrogens with zero attached hydrogens (tertiary/aromatic N) is 1. The summed E-state index contributed by atoms with van der Waals surface area (Å²) in [6, 6.07) is 16.3. The van der Waals surface area contributed by atoms with Gasteiger partial charge in [-0.3, -0.25) is 9.59 Å². The van der Waals surface area contributed by atoms with Gasteiger partial charge in [-0.1, -0.05) is 42.5 Å². The molecule has 0 unspecified atom stereocenters. The molecule has 0 aromatic heterocycles. The van der Waals surface area contributed by atoms with Gasteiger partial charge in [0, 0.05) is 18.0 Å². The third-order valence-corrected chi connectivity index (χ3v) is 2.95. The molecule has 6 nitrogen and oxygen atoms in total. The Morgan fingerprint density at radius 1 is 1.04 bits per heavy atom. The van der Waals surface area contributed by atoms with Crippen LogP contribution in [0.5, 0.6) is 5.75 Å². The second-order valence-corrected chi connectivity index (χ2v) is 4.67. The highest BCUT2D eigenvalue weighted by atomic mass is 16.5. The second-order valence-electron chi connectivity index (χ2n) is 4.67. The van der Waals surface area contributed by atoms with E-state index < -0.39 is 11.8 Å². The number of allylic oxidation sites excluding steroid dienone is 1. The predicted molar refractivity (Wildman–Crippen MR) is 93.7 cm³/mol. The summed E-state index contributed by atoms with van der Waals surface area (Å²) in [5, 5.41) is 6.15. The SMILES string of the molecule is COc1cccc(NC(=O)C(=O)N/N=C/C=C/c2ccccc2)c1. The number of hydrogen-bond donors (Lipinski definition) is 2. The van der Waals surface area contributed by atoms with Crippen molar-refractivity contribution in [1.29, 1.82) is 0 Å². The first kappa shape index (κ1) is 17.0. The van der Waals surface area contributed by atoms with Crippen molar-refractivity contribution in [2.75, 3.05) is 12.4 Å². The third-order valence-electron chi connectivity index (χ3n) is 2.95. The van der Waals surface area contributed by atoms with Gasteiger partial charge >= 0.3 is 11.8 Å². The molecule has 0 aliphatic carbocycles. The zero-order chi connectivity index (χ0) is 17.2. The van der Waals surface area contributed by atoms with E-state index in [9.17, 15) is 9.59 Å². The van der Waals surface area contributed by atoms with Crippen LogP contribution in [0.1, 0.15) is 5.56 Å². The summed E-state index contributed by atoms with van der Waals surface area (Å²) in [5.41, 5.74) is 3.62. The fourth-order valence-electron chi connectivity index (χ4n) is 1.80. The van der Waals surface area contributed by atoms with Crippen molar-refractivity contribution < 1.29 is 14.3 Å². The van der Waals surface area contributed by atoms with Gasteiger partial charge in [0.2, 0.25) is 0 Å². The number of rotatable bonds is 5. The van der Waals surface area contributed by atoms with Gasteiger partial charge in [0.15, 0.2) is 0 Å². The van der Waals surface area contributed by atoms with E-state index in [1.807, 2.05) is 36.4 Å². The second kappa shape index (κ2) is 8.89. The van der Waals surface area contributed by atoms with Crippen LogP contribution in [-0.4, -0.2) is 25.1 Å². The molecule has 0 aliphatic rings. The smallest absolute Gasteiger partial charge is 0.329 e. The Kier molecular flexibility index (Phi) is 6.28. The molecule has 2 N–H and O–H groups in total. The predicted octanol–water partition coefficient (Wildman–Crippen LogP) is 2.45. The van der Waals surface area contributed by atoms with Gasteiger partial charge in [0.25, 0.3) is 0 Å². The Morgan fingerprint density at radius 2 is 1.83 bits per heavy atom. The first-order valence-electron chi connectivity index (χ1n) is 7.19. The number of carbonyl (C=O) groups excluding carboxylic acids is 2. The molecule has 0 radical (unpaired) electrons. The minimum atomic E-state index is -0.859. The van der Waals surface area contributed by atoms with Crippen molar-refractivity contribution in [3.63, 3.8) is 0 Å². The third kappa shape index (κ3) is 5.42. The maximum Gasteiger partial charge on any atom is 0.329 e. The number of hydrazone groups is 1. The maximum absolute atomic E-state index is 11.7. The Hall–Kier alpha value is -3.41. The molecular formula is C18H17N3O3. The molecule has 122 valence electrons. The molecule has 0 bridgehead atoms. The van der Waals surface area contributed by atoms with Crippen LogP contribution >= 0.6 is 0 Å². The summed E-state index contributed by atoms with van der Waals surface area (Å²) in [4.78, 5) is 23.4. The minimum Gasteiger partial charge on any atom is -0.497 e. The highest BCUT2D eigenvalue weighted by Gasteiger charge is 2.12. The fourth-order valence-corrected chi connectivity index (χ4v) is 1.80. The van der Waals surface area contributed by atoms with E-state index in [0.29, 0.717) is 11.4 Å². The quantitative estimate of drug-likeness (QED) is 0.504. The zero-order valence-electron chi connectivity index (χ0n) is 13.1. The number of methoxy groups -OCH3 is 1. The maximum atomic E-state index is 11.7. The molecule has 0 fully saturated rings. The van der Waals surface area contributed by atoms with E-state index in [-0.39, 0.29) is 0 Å². The van der Waals surface area contributed by atoms with Gasteiger partial charge < -0.3 is 10.1 Å². The Bertz CT molecular complexity index is 755. The molecule has 0 aliphatic heterocycles. The van der Waals surface area contributed by atoms with Crippen LogP contribution in [0.4, 0.5) is 5.69 Å². The van der Waals surface area contributed by atoms with Crippen LogP contribution in [0.3, 0.4) is 0 Å². The highest BCUT2D eigenvalue weighted by Crippen LogP contribution is 2.16. The van der Waals surface area contributed by atoms with Gasteiger partial charge in [0.1, 0.15) is 5.75 Å². The van der Waals surface area contributed by atoms with Gasteiger partial charge in [-0.15, -0.1) is 0 Å². The lowest BCUT2D eigenvalue weighted by atomic mass is 10.2. The molecule has 2 amide bonds. The van der Waals surface area contributed by atoms with Crippen molar-refractivity contribution in [3.8, 4) is 5.75 Å². The molecule has 6 heteroatoms. The number of anilines is 1. The number of hydrogen-bond acceptors (Lipinski definition) is 4. The molecule has 0 saturated heterocycles. The lowest BCUT2D eigenvalue weighted by Gasteiger charge is -2.05. The number of amides is 2. The Balaban J connectivity index is 1.82. The number of nitrogens with one attached hydrogen (secondary N) is 2. The summed E-state index contributed by atoms with van der Waals surface area (Å²) >= 11 is 0. The molecule has 2 aromatic rings. The monoisotopic (exact) mass is 323 g/mol. The molecule has 0 heterocycles. The Labute approximate surface area is 139 Å². The number of ether oxygens (including phenoxy) is 1. The van der Waals surface area contributed by atoms with Crippen LogP contribution in [-0.2, 0) is 9.59 Å². The standard InChI is InChI=1S/C18H17N3O3/c1-24-16-11-5-10-15(13-16)20-17(22)18(23)21-19-12-6-9-14-7-3-2-4-8-14/h2-13H,1H3,(H,20,22)(H,21,23)/b9-6+,19-12+. The molecule has 0 atom stereocenters. The summed E-state index contributed by atoms with van der Waals surface area (Å²) in [5.74, 6) is -1.09. The molecule has 0 spiro atoms.